The highest BCUT2D eigenvalue weighted by molar-refractivity contribution is 5.73. The fraction of sp³-hybridized carbons (Fsp3) is 0.500. The summed E-state index contributed by atoms with van der Waals surface area (Å²) in [6.45, 7) is 0. The molecule has 0 radical (unpaired) electrons. The van der Waals surface area contributed by atoms with Crippen LogP contribution in [0, 0.1) is 12.3 Å². The molecular weight excluding hydrogens is 134 g/mol. The maximum atomic E-state index is 10.0. The Bertz CT molecular complexity index is 161. The molecule has 4 N–H and O–H groups in total. The molecule has 0 amide bonds. The first kappa shape index (κ1) is 8.95. The van der Waals surface area contributed by atoms with Crippen LogP contribution in [0.3, 0.4) is 0 Å². The average Bonchev–Trinajstić information content (AvgIpc) is 1.87. The Morgan fingerprint density at radius 2 is 2.30 bits per heavy atom. The quantitative estimate of drug-likeness (QED) is 0.432. The van der Waals surface area contributed by atoms with Crippen molar-refractivity contribution < 1.29 is 15.0 Å². The van der Waals surface area contributed by atoms with E-state index in [9.17, 15) is 4.79 Å². The first-order valence-corrected chi connectivity index (χ1v) is 2.70. The van der Waals surface area contributed by atoms with E-state index in [0.717, 1.165) is 0 Å². The molecule has 0 aromatic heterocycles. The zero-order valence-electron chi connectivity index (χ0n) is 5.32. The van der Waals surface area contributed by atoms with Gasteiger partial charge in [0, 0.05) is 6.42 Å². The number of nitrogens with two attached hydrogens (primary N) is 1. The van der Waals surface area contributed by atoms with Crippen LogP contribution in [-0.4, -0.2) is 28.3 Å². The van der Waals surface area contributed by atoms with Crippen LogP contribution in [0.4, 0.5) is 0 Å². The van der Waals surface area contributed by atoms with Crippen molar-refractivity contribution >= 4 is 5.97 Å². The van der Waals surface area contributed by atoms with Crippen LogP contribution >= 0.6 is 0 Å². The molecule has 10 heavy (non-hydrogen) atoms. The summed E-state index contributed by atoms with van der Waals surface area (Å²) in [6, 6.07) is -1.08. The van der Waals surface area contributed by atoms with Gasteiger partial charge in [-0.1, -0.05) is 5.92 Å². The van der Waals surface area contributed by atoms with Crippen molar-refractivity contribution in [3.05, 3.63) is 0 Å². The van der Waals surface area contributed by atoms with Gasteiger partial charge in [-0.05, 0) is 0 Å². The largest absolute Gasteiger partial charge is 0.480 e. The fourth-order valence-electron chi connectivity index (χ4n) is 0.409. The molecule has 0 bridgehead atoms. The first-order chi connectivity index (χ1) is 4.57. The molecular formula is C6H9NO3. The number of terminal acetylenes is 1. The third-order valence-electron chi connectivity index (χ3n) is 0.987. The van der Waals surface area contributed by atoms with Crippen molar-refractivity contribution in [2.75, 3.05) is 0 Å². The van der Waals surface area contributed by atoms with E-state index < -0.39 is 18.1 Å². The van der Waals surface area contributed by atoms with Gasteiger partial charge in [-0.2, -0.15) is 0 Å². The molecule has 4 heteroatoms. The molecule has 0 aromatic rings. The van der Waals surface area contributed by atoms with Gasteiger partial charge >= 0.3 is 5.97 Å². The highest BCUT2D eigenvalue weighted by Crippen LogP contribution is 1.93. The smallest absolute Gasteiger partial charge is 0.320 e. The van der Waals surface area contributed by atoms with E-state index >= 15 is 0 Å². The maximum absolute atomic E-state index is 10.0. The van der Waals surface area contributed by atoms with Gasteiger partial charge in [0.25, 0.3) is 0 Å². The molecule has 56 valence electrons. The lowest BCUT2D eigenvalue weighted by atomic mass is 10.1. The first-order valence-electron chi connectivity index (χ1n) is 2.70. The lowest BCUT2D eigenvalue weighted by Gasteiger charge is -2.06. The molecule has 0 aliphatic heterocycles. The summed E-state index contributed by atoms with van der Waals surface area (Å²) in [7, 11) is 0. The molecule has 4 nitrogen and oxygen atoms in total. The van der Waals surface area contributed by atoms with E-state index in [2.05, 4.69) is 0 Å². The van der Waals surface area contributed by atoms with Gasteiger partial charge in [0.2, 0.25) is 0 Å². The van der Waals surface area contributed by atoms with Gasteiger partial charge in [0.1, 0.15) is 12.1 Å². The number of aliphatic carboxylic acids is 1. The number of hydrogen-bond acceptors (Lipinski definition) is 3. The predicted octanol–water partition coefficient (Wildman–Crippen LogP) is -1.22. The number of rotatable bonds is 3. The Hall–Kier alpha value is -1.05. The van der Waals surface area contributed by atoms with Crippen LogP contribution in [0.15, 0.2) is 0 Å². The number of carboxylic acids is 1. The Morgan fingerprint density at radius 1 is 1.80 bits per heavy atom. The normalized spacial score (nSPS) is 15.3. The second kappa shape index (κ2) is 3.88. The van der Waals surface area contributed by atoms with Gasteiger partial charge in [-0.25, -0.2) is 0 Å². The summed E-state index contributed by atoms with van der Waals surface area (Å²) in [5.41, 5.74) is 5.04. The Labute approximate surface area is 58.7 Å². The summed E-state index contributed by atoms with van der Waals surface area (Å²) in [5, 5.41) is 16.9. The highest BCUT2D eigenvalue weighted by Gasteiger charge is 2.14. The number of hydrogen-bond donors (Lipinski definition) is 3. The monoisotopic (exact) mass is 143 g/mol. The van der Waals surface area contributed by atoms with E-state index in [1.54, 1.807) is 0 Å². The van der Waals surface area contributed by atoms with E-state index in [-0.39, 0.29) is 6.42 Å². The summed E-state index contributed by atoms with van der Waals surface area (Å²) in [6.07, 6.45) is 3.60. The summed E-state index contributed by atoms with van der Waals surface area (Å²) in [4.78, 5) is 10.0. The molecule has 0 aromatic carbocycles. The molecule has 0 saturated heterocycles. The van der Waals surface area contributed by atoms with Gasteiger partial charge in [-0.15, -0.1) is 6.42 Å². The second-order valence-corrected chi connectivity index (χ2v) is 1.86. The van der Waals surface area contributed by atoms with Crippen molar-refractivity contribution in [3.8, 4) is 12.3 Å². The molecule has 0 unspecified atom stereocenters. The molecule has 0 spiro atoms. The summed E-state index contributed by atoms with van der Waals surface area (Å²) < 4.78 is 0. The third-order valence-corrected chi connectivity index (χ3v) is 0.987. The molecule has 0 heterocycles. The summed E-state index contributed by atoms with van der Waals surface area (Å²) in [5.74, 6) is 0.805. The van der Waals surface area contributed by atoms with Crippen molar-refractivity contribution in [1.29, 1.82) is 0 Å². The summed E-state index contributed by atoms with van der Waals surface area (Å²) >= 11 is 0. The van der Waals surface area contributed by atoms with Crippen molar-refractivity contribution in [1.82, 2.24) is 0 Å². The number of carbonyl (C=O) groups is 1. The minimum atomic E-state index is -1.16. The van der Waals surface area contributed by atoms with Crippen LogP contribution < -0.4 is 5.73 Å². The van der Waals surface area contributed by atoms with Crippen molar-refractivity contribution in [3.63, 3.8) is 0 Å². The molecule has 0 aliphatic rings. The van der Waals surface area contributed by atoms with Crippen LogP contribution in [-0.2, 0) is 4.79 Å². The van der Waals surface area contributed by atoms with Gasteiger partial charge in [0.05, 0.1) is 0 Å². The fourth-order valence-corrected chi connectivity index (χ4v) is 0.409. The van der Waals surface area contributed by atoms with Crippen molar-refractivity contribution in [2.24, 2.45) is 5.73 Å². The second-order valence-electron chi connectivity index (χ2n) is 1.86. The topological polar surface area (TPSA) is 83.5 Å². The standard InChI is InChI=1S/C6H9NO3/c1-2-4(8)3-5(7)6(9)10/h1,4-5,8H,3,7H2,(H,9,10)/t4-,5-/m0/s1. The third kappa shape index (κ3) is 3.07. The number of aliphatic hydroxyl groups excluding tert-OH is 1. The molecule has 0 saturated carbocycles. The molecule has 0 fully saturated rings. The van der Waals surface area contributed by atoms with Crippen molar-refractivity contribution in [2.45, 2.75) is 18.6 Å². The number of carboxylic acid groups (broad SMARTS) is 1. The highest BCUT2D eigenvalue weighted by atomic mass is 16.4. The van der Waals surface area contributed by atoms with Crippen LogP contribution in [0.2, 0.25) is 0 Å². The van der Waals surface area contributed by atoms with Gasteiger partial charge in [-0.3, -0.25) is 4.79 Å². The van der Waals surface area contributed by atoms with E-state index in [0.29, 0.717) is 0 Å². The maximum Gasteiger partial charge on any atom is 0.320 e. The van der Waals surface area contributed by atoms with Crippen LogP contribution in [0.1, 0.15) is 6.42 Å². The molecule has 2 atom stereocenters. The lowest BCUT2D eigenvalue weighted by Crippen LogP contribution is -2.33. The number of aliphatic hydroxyl groups is 1. The Balaban J connectivity index is 3.70. The predicted molar refractivity (Wildman–Crippen MR) is 35.1 cm³/mol. The Morgan fingerprint density at radius 3 is 2.60 bits per heavy atom. The van der Waals surface area contributed by atoms with E-state index in [1.807, 2.05) is 5.92 Å². The van der Waals surface area contributed by atoms with Gasteiger partial charge < -0.3 is 15.9 Å². The minimum absolute atomic E-state index is 0.105. The average molecular weight is 143 g/mol. The van der Waals surface area contributed by atoms with E-state index in [1.165, 1.54) is 0 Å². The lowest BCUT2D eigenvalue weighted by molar-refractivity contribution is -0.139. The zero-order chi connectivity index (χ0) is 8.15. The van der Waals surface area contributed by atoms with Crippen LogP contribution in [0.5, 0.6) is 0 Å². The zero-order valence-corrected chi connectivity index (χ0v) is 5.32. The minimum Gasteiger partial charge on any atom is -0.480 e. The van der Waals surface area contributed by atoms with Crippen LogP contribution in [0.25, 0.3) is 0 Å². The Kier molecular flexibility index (Phi) is 3.47. The molecule has 0 aliphatic carbocycles. The SMILES string of the molecule is C#C[C@H](O)C[C@H](N)C(=O)O. The van der Waals surface area contributed by atoms with Gasteiger partial charge in [0.15, 0.2) is 0 Å². The van der Waals surface area contributed by atoms with E-state index in [4.69, 9.17) is 22.4 Å². The molecule has 0 rings (SSSR count).